The van der Waals surface area contributed by atoms with Crippen LogP contribution in [-0.2, 0) is 20.8 Å². The van der Waals surface area contributed by atoms with E-state index < -0.39 is 17.9 Å². The first-order chi connectivity index (χ1) is 12.8. The van der Waals surface area contributed by atoms with E-state index in [1.54, 1.807) is 30.5 Å². The highest BCUT2D eigenvalue weighted by Crippen LogP contribution is 2.12. The van der Waals surface area contributed by atoms with Crippen molar-refractivity contribution < 1.29 is 19.5 Å². The number of rotatable bonds is 8. The first kappa shape index (κ1) is 20.4. The molecule has 1 aromatic carbocycles. The fraction of sp³-hybridized carbons (Fsp3) is 0.222. The van der Waals surface area contributed by atoms with Crippen LogP contribution < -0.4 is 16.4 Å². The molecule has 0 aliphatic carbocycles. The lowest BCUT2D eigenvalue weighted by atomic mass is 10.0. The molecule has 5 N–H and O–H groups in total. The van der Waals surface area contributed by atoms with Crippen LogP contribution in [0.3, 0.4) is 0 Å². The fourth-order valence-corrected chi connectivity index (χ4v) is 2.47. The number of hydrogen-bond donors (Lipinski definition) is 4. The number of anilines is 1. The standard InChI is InChI=1S/C18H19BrN4O4/c19-12-3-6-15(21-10-12)23-17(26)8-7-16(25)22-14(18(20)27)9-11-1-4-13(24)5-2-11/h1-6,10,14,24H,7-9H2,(H2,20,27)(H,22,25)(H,21,23,26). The van der Waals surface area contributed by atoms with E-state index in [0.717, 1.165) is 10.0 Å². The monoisotopic (exact) mass is 434 g/mol. The van der Waals surface area contributed by atoms with E-state index in [9.17, 15) is 19.5 Å². The lowest BCUT2D eigenvalue weighted by molar-refractivity contribution is -0.128. The van der Waals surface area contributed by atoms with E-state index in [4.69, 9.17) is 5.73 Å². The second-order valence-electron chi connectivity index (χ2n) is 5.80. The number of aromatic nitrogens is 1. The Morgan fingerprint density at radius 2 is 1.74 bits per heavy atom. The van der Waals surface area contributed by atoms with Crippen LogP contribution in [-0.4, -0.2) is 33.9 Å². The number of nitrogens with two attached hydrogens (primary N) is 1. The van der Waals surface area contributed by atoms with Crippen molar-refractivity contribution in [2.75, 3.05) is 5.32 Å². The van der Waals surface area contributed by atoms with Gasteiger partial charge in [0, 0.05) is 29.9 Å². The molecular weight excluding hydrogens is 416 g/mol. The summed E-state index contributed by atoms with van der Waals surface area (Å²) in [5.74, 6) is -1.03. The maximum absolute atomic E-state index is 12.0. The molecule has 1 heterocycles. The van der Waals surface area contributed by atoms with Crippen molar-refractivity contribution in [1.29, 1.82) is 0 Å². The van der Waals surface area contributed by atoms with Crippen molar-refractivity contribution in [3.05, 3.63) is 52.6 Å². The number of phenolic OH excluding ortho intramolecular Hbond substituents is 1. The highest BCUT2D eigenvalue weighted by atomic mass is 79.9. The van der Waals surface area contributed by atoms with Gasteiger partial charge < -0.3 is 21.5 Å². The molecule has 0 saturated carbocycles. The van der Waals surface area contributed by atoms with Crippen molar-refractivity contribution >= 4 is 39.5 Å². The topological polar surface area (TPSA) is 134 Å². The summed E-state index contributed by atoms with van der Waals surface area (Å²) in [6.45, 7) is 0. The normalized spacial score (nSPS) is 11.4. The van der Waals surface area contributed by atoms with Gasteiger partial charge in [-0.15, -0.1) is 0 Å². The molecular formula is C18H19BrN4O4. The molecule has 1 unspecified atom stereocenters. The fourth-order valence-electron chi connectivity index (χ4n) is 2.24. The van der Waals surface area contributed by atoms with E-state index in [-0.39, 0.29) is 30.9 Å². The van der Waals surface area contributed by atoms with Crippen LogP contribution in [0.1, 0.15) is 18.4 Å². The zero-order chi connectivity index (χ0) is 19.8. The summed E-state index contributed by atoms with van der Waals surface area (Å²) in [6, 6.07) is 8.69. The number of aromatic hydroxyl groups is 1. The van der Waals surface area contributed by atoms with Gasteiger partial charge in [-0.25, -0.2) is 4.98 Å². The van der Waals surface area contributed by atoms with Crippen LogP contribution in [0, 0.1) is 0 Å². The number of primary amides is 1. The highest BCUT2D eigenvalue weighted by molar-refractivity contribution is 9.10. The molecule has 1 aromatic heterocycles. The first-order valence-electron chi connectivity index (χ1n) is 8.11. The third kappa shape index (κ3) is 7.06. The minimum atomic E-state index is -0.904. The molecule has 0 saturated heterocycles. The Morgan fingerprint density at radius 3 is 2.33 bits per heavy atom. The predicted octanol–water partition coefficient (Wildman–Crippen LogP) is 1.48. The Morgan fingerprint density at radius 1 is 1.07 bits per heavy atom. The molecule has 2 rings (SSSR count). The second kappa shape index (κ2) is 9.67. The van der Waals surface area contributed by atoms with Crippen LogP contribution in [0.4, 0.5) is 5.82 Å². The van der Waals surface area contributed by atoms with Crippen molar-refractivity contribution in [1.82, 2.24) is 10.3 Å². The van der Waals surface area contributed by atoms with Crippen LogP contribution in [0.5, 0.6) is 5.75 Å². The lowest BCUT2D eigenvalue weighted by Crippen LogP contribution is -2.46. The summed E-state index contributed by atoms with van der Waals surface area (Å²) in [5.41, 5.74) is 6.07. The summed E-state index contributed by atoms with van der Waals surface area (Å²) >= 11 is 3.24. The van der Waals surface area contributed by atoms with Gasteiger partial charge in [-0.2, -0.15) is 0 Å². The minimum Gasteiger partial charge on any atom is -0.508 e. The van der Waals surface area contributed by atoms with Crippen LogP contribution >= 0.6 is 15.9 Å². The maximum Gasteiger partial charge on any atom is 0.240 e. The van der Waals surface area contributed by atoms with E-state index in [0.29, 0.717) is 5.82 Å². The average Bonchev–Trinajstić information content (AvgIpc) is 2.63. The molecule has 0 fully saturated rings. The zero-order valence-electron chi connectivity index (χ0n) is 14.3. The van der Waals surface area contributed by atoms with Crippen molar-refractivity contribution in [3.63, 3.8) is 0 Å². The molecule has 27 heavy (non-hydrogen) atoms. The Labute approximate surface area is 164 Å². The average molecular weight is 435 g/mol. The minimum absolute atomic E-state index is 0.0612. The van der Waals surface area contributed by atoms with Crippen molar-refractivity contribution in [3.8, 4) is 5.75 Å². The summed E-state index contributed by atoms with van der Waals surface area (Å²) in [6.07, 6.45) is 1.58. The van der Waals surface area contributed by atoms with Gasteiger partial charge in [0.15, 0.2) is 0 Å². The van der Waals surface area contributed by atoms with E-state index in [1.807, 2.05) is 0 Å². The van der Waals surface area contributed by atoms with Crippen molar-refractivity contribution in [2.45, 2.75) is 25.3 Å². The summed E-state index contributed by atoms with van der Waals surface area (Å²) in [5, 5.41) is 14.4. The first-order valence-corrected chi connectivity index (χ1v) is 8.91. The predicted molar refractivity (Wildman–Crippen MR) is 103 cm³/mol. The van der Waals surface area contributed by atoms with Crippen LogP contribution in [0.2, 0.25) is 0 Å². The third-order valence-electron chi connectivity index (χ3n) is 3.63. The molecule has 2 aromatic rings. The summed E-state index contributed by atoms with van der Waals surface area (Å²) in [4.78, 5) is 39.5. The molecule has 1 atom stereocenters. The second-order valence-corrected chi connectivity index (χ2v) is 6.72. The number of amides is 3. The molecule has 0 spiro atoms. The third-order valence-corrected chi connectivity index (χ3v) is 4.10. The largest absolute Gasteiger partial charge is 0.508 e. The Hall–Kier alpha value is -2.94. The SMILES string of the molecule is NC(=O)C(Cc1ccc(O)cc1)NC(=O)CCC(=O)Nc1ccc(Br)cn1. The Kier molecular flexibility index (Phi) is 7.30. The van der Waals surface area contributed by atoms with E-state index in [2.05, 4.69) is 31.5 Å². The van der Waals surface area contributed by atoms with Crippen LogP contribution in [0.25, 0.3) is 0 Å². The number of nitrogens with one attached hydrogen (secondary N) is 2. The van der Waals surface area contributed by atoms with Gasteiger partial charge in [0.2, 0.25) is 17.7 Å². The molecule has 142 valence electrons. The van der Waals surface area contributed by atoms with Crippen molar-refractivity contribution in [2.24, 2.45) is 5.73 Å². The Balaban J connectivity index is 1.82. The molecule has 0 radical (unpaired) electrons. The molecule has 3 amide bonds. The summed E-state index contributed by atoms with van der Waals surface area (Å²) in [7, 11) is 0. The molecule has 0 aliphatic heterocycles. The van der Waals surface area contributed by atoms with E-state index in [1.165, 1.54) is 12.1 Å². The number of halogens is 1. The Bertz CT molecular complexity index is 809. The van der Waals surface area contributed by atoms with Gasteiger partial charge >= 0.3 is 0 Å². The number of carbonyl (C=O) groups excluding carboxylic acids is 3. The van der Waals surface area contributed by atoms with Gasteiger partial charge in [-0.1, -0.05) is 12.1 Å². The van der Waals surface area contributed by atoms with Crippen LogP contribution in [0.15, 0.2) is 47.1 Å². The molecule has 9 heteroatoms. The van der Waals surface area contributed by atoms with E-state index >= 15 is 0 Å². The number of pyridine rings is 1. The molecule has 8 nitrogen and oxygen atoms in total. The summed E-state index contributed by atoms with van der Waals surface area (Å²) < 4.78 is 0.783. The molecule has 0 aliphatic rings. The van der Waals surface area contributed by atoms with Gasteiger partial charge in [-0.05, 0) is 45.8 Å². The van der Waals surface area contributed by atoms with Gasteiger partial charge in [-0.3, -0.25) is 14.4 Å². The molecule has 0 bridgehead atoms. The maximum atomic E-state index is 12.0. The quantitative estimate of drug-likeness (QED) is 0.498. The smallest absolute Gasteiger partial charge is 0.240 e. The number of nitrogens with zero attached hydrogens (tertiary/aromatic N) is 1. The van der Waals surface area contributed by atoms with Gasteiger partial charge in [0.25, 0.3) is 0 Å². The van der Waals surface area contributed by atoms with Gasteiger partial charge in [0.05, 0.1) is 0 Å². The number of phenols is 1. The number of benzene rings is 1. The highest BCUT2D eigenvalue weighted by Gasteiger charge is 2.19. The van der Waals surface area contributed by atoms with Gasteiger partial charge in [0.1, 0.15) is 17.6 Å². The number of carbonyl (C=O) groups is 3. The number of hydrogen-bond acceptors (Lipinski definition) is 5. The zero-order valence-corrected chi connectivity index (χ0v) is 15.9. The lowest BCUT2D eigenvalue weighted by Gasteiger charge is -2.15.